The molecule has 1 nitrogen and oxygen atoms in total. The summed E-state index contributed by atoms with van der Waals surface area (Å²) in [4.78, 5) is 0. The van der Waals surface area contributed by atoms with Crippen molar-refractivity contribution in [3.63, 3.8) is 0 Å². The molecule has 1 N–H and O–H groups in total. The van der Waals surface area contributed by atoms with E-state index in [0.717, 1.165) is 12.1 Å². The highest BCUT2D eigenvalue weighted by molar-refractivity contribution is 14.1. The third kappa shape index (κ3) is 3.30. The molecule has 0 heterocycles. The average Bonchev–Trinajstić information content (AvgIpc) is 2.43. The molecule has 0 saturated heterocycles. The molecule has 1 atom stereocenters. The highest BCUT2D eigenvalue weighted by Gasteiger charge is 2.20. The predicted molar refractivity (Wildman–Crippen MR) is 95.9 cm³/mol. The number of hydrogen-bond acceptors (Lipinski definition) is 1. The summed E-state index contributed by atoms with van der Waals surface area (Å²) in [5.41, 5.74) is 3.52. The summed E-state index contributed by atoms with van der Waals surface area (Å²) >= 11 is 14.9. The molecule has 0 bridgehead atoms. The normalized spacial score (nSPS) is 12.4. The molecule has 0 spiro atoms. The van der Waals surface area contributed by atoms with Crippen LogP contribution in [0.15, 0.2) is 36.4 Å². The Kier molecular flexibility index (Phi) is 5.73. The van der Waals surface area contributed by atoms with Crippen LogP contribution in [0.1, 0.15) is 29.7 Å². The van der Waals surface area contributed by atoms with Crippen molar-refractivity contribution in [1.29, 1.82) is 0 Å². The van der Waals surface area contributed by atoms with E-state index in [1.807, 2.05) is 18.2 Å². The Balaban J connectivity index is 2.56. The zero-order valence-electron chi connectivity index (χ0n) is 11.4. The van der Waals surface area contributed by atoms with Gasteiger partial charge in [-0.05, 0) is 58.8 Å². The Morgan fingerprint density at radius 3 is 2.45 bits per heavy atom. The minimum Gasteiger partial charge on any atom is -0.306 e. The summed E-state index contributed by atoms with van der Waals surface area (Å²) in [6.45, 7) is 5.07. The monoisotopic (exact) mass is 419 g/mol. The van der Waals surface area contributed by atoms with Gasteiger partial charge in [-0.1, -0.05) is 60.5 Å². The van der Waals surface area contributed by atoms with Crippen molar-refractivity contribution in [2.75, 3.05) is 6.54 Å². The molecule has 0 aliphatic rings. The predicted octanol–water partition coefficient (Wildman–Crippen LogP) is 5.61. The fraction of sp³-hybridized carbons (Fsp3) is 0.250. The molecule has 2 aromatic rings. The smallest absolute Gasteiger partial charge is 0.0643 e. The van der Waals surface area contributed by atoms with Crippen molar-refractivity contribution >= 4 is 45.8 Å². The molecule has 0 aliphatic heterocycles. The molecule has 0 radical (unpaired) electrons. The van der Waals surface area contributed by atoms with Crippen LogP contribution < -0.4 is 5.32 Å². The second kappa shape index (κ2) is 7.12. The number of hydrogen-bond donors (Lipinski definition) is 1. The van der Waals surface area contributed by atoms with Gasteiger partial charge in [0.1, 0.15) is 0 Å². The second-order valence-corrected chi connectivity index (χ2v) is 6.48. The lowest BCUT2D eigenvalue weighted by molar-refractivity contribution is 0.628. The summed E-state index contributed by atoms with van der Waals surface area (Å²) < 4.78 is 1.26. The first kappa shape index (κ1) is 16.1. The second-order valence-electron chi connectivity index (χ2n) is 4.61. The average molecular weight is 420 g/mol. The zero-order valence-corrected chi connectivity index (χ0v) is 15.1. The summed E-state index contributed by atoms with van der Waals surface area (Å²) in [7, 11) is 0. The Morgan fingerprint density at radius 2 is 1.75 bits per heavy atom. The first-order valence-corrected chi connectivity index (χ1v) is 8.32. The largest absolute Gasteiger partial charge is 0.306 e. The van der Waals surface area contributed by atoms with Crippen molar-refractivity contribution in [3.05, 3.63) is 66.7 Å². The molecule has 1 unspecified atom stereocenters. The van der Waals surface area contributed by atoms with Crippen molar-refractivity contribution in [2.45, 2.75) is 19.9 Å². The van der Waals surface area contributed by atoms with E-state index >= 15 is 0 Å². The molecule has 106 valence electrons. The minimum absolute atomic E-state index is 0.0537. The fourth-order valence-electron chi connectivity index (χ4n) is 2.23. The first-order chi connectivity index (χ1) is 9.56. The SMILES string of the molecule is CCNC(c1cccc(Cl)c1Cl)c1cccc(C)c1I. The van der Waals surface area contributed by atoms with Crippen molar-refractivity contribution in [2.24, 2.45) is 0 Å². The van der Waals surface area contributed by atoms with Gasteiger partial charge in [0, 0.05) is 3.57 Å². The van der Waals surface area contributed by atoms with E-state index in [1.165, 1.54) is 14.7 Å². The number of nitrogens with one attached hydrogen (secondary N) is 1. The van der Waals surface area contributed by atoms with Gasteiger partial charge in [-0.3, -0.25) is 0 Å². The Hall–Kier alpha value is -0.290. The van der Waals surface area contributed by atoms with Crippen molar-refractivity contribution < 1.29 is 0 Å². The fourth-order valence-corrected chi connectivity index (χ4v) is 3.32. The van der Waals surface area contributed by atoms with Crippen molar-refractivity contribution in [3.8, 4) is 0 Å². The van der Waals surface area contributed by atoms with Gasteiger partial charge in [0.2, 0.25) is 0 Å². The molecule has 0 amide bonds. The van der Waals surface area contributed by atoms with Gasteiger partial charge >= 0.3 is 0 Å². The third-order valence-electron chi connectivity index (χ3n) is 3.23. The highest BCUT2D eigenvalue weighted by atomic mass is 127. The highest BCUT2D eigenvalue weighted by Crippen LogP contribution is 2.35. The molecule has 0 aromatic heterocycles. The molecule has 2 aromatic carbocycles. The zero-order chi connectivity index (χ0) is 14.7. The van der Waals surface area contributed by atoms with Crippen LogP contribution in [0, 0.1) is 10.5 Å². The topological polar surface area (TPSA) is 12.0 Å². The molecule has 0 aliphatic carbocycles. The Morgan fingerprint density at radius 1 is 1.10 bits per heavy atom. The maximum absolute atomic E-state index is 6.39. The van der Waals surface area contributed by atoms with Crippen LogP contribution >= 0.6 is 45.8 Å². The van der Waals surface area contributed by atoms with Gasteiger partial charge in [-0.15, -0.1) is 0 Å². The van der Waals surface area contributed by atoms with Crippen LogP contribution in [-0.4, -0.2) is 6.54 Å². The van der Waals surface area contributed by atoms with E-state index in [2.05, 4.69) is 60.0 Å². The van der Waals surface area contributed by atoms with Crippen LogP contribution in [0.25, 0.3) is 0 Å². The summed E-state index contributed by atoms with van der Waals surface area (Å²) in [5, 5.41) is 4.72. The van der Waals surface area contributed by atoms with Gasteiger partial charge in [-0.2, -0.15) is 0 Å². The van der Waals surface area contributed by atoms with E-state index in [9.17, 15) is 0 Å². The molecular formula is C16H16Cl2IN. The van der Waals surface area contributed by atoms with Gasteiger partial charge in [0.25, 0.3) is 0 Å². The first-order valence-electron chi connectivity index (χ1n) is 6.48. The minimum atomic E-state index is 0.0537. The van der Waals surface area contributed by atoms with E-state index in [-0.39, 0.29) is 6.04 Å². The van der Waals surface area contributed by atoms with Gasteiger partial charge < -0.3 is 5.32 Å². The summed E-state index contributed by atoms with van der Waals surface area (Å²) in [5.74, 6) is 0. The third-order valence-corrected chi connectivity index (χ3v) is 5.54. The lowest BCUT2D eigenvalue weighted by Crippen LogP contribution is -2.23. The molecular weight excluding hydrogens is 404 g/mol. The summed E-state index contributed by atoms with van der Waals surface area (Å²) in [6, 6.07) is 12.2. The van der Waals surface area contributed by atoms with E-state index in [0.29, 0.717) is 10.0 Å². The van der Waals surface area contributed by atoms with Gasteiger partial charge in [0.15, 0.2) is 0 Å². The molecule has 20 heavy (non-hydrogen) atoms. The number of halogens is 3. The number of rotatable bonds is 4. The molecule has 4 heteroatoms. The molecule has 0 fully saturated rings. The lowest BCUT2D eigenvalue weighted by atomic mass is 9.97. The molecule has 0 saturated carbocycles. The quantitative estimate of drug-likeness (QED) is 0.635. The van der Waals surface area contributed by atoms with E-state index in [4.69, 9.17) is 23.2 Å². The maximum atomic E-state index is 6.39. The molecule has 2 rings (SSSR count). The van der Waals surface area contributed by atoms with Crippen LogP contribution in [0.5, 0.6) is 0 Å². The summed E-state index contributed by atoms with van der Waals surface area (Å²) in [6.07, 6.45) is 0. The van der Waals surface area contributed by atoms with E-state index < -0.39 is 0 Å². The van der Waals surface area contributed by atoms with Gasteiger partial charge in [0.05, 0.1) is 16.1 Å². The van der Waals surface area contributed by atoms with Crippen LogP contribution in [0.4, 0.5) is 0 Å². The Bertz CT molecular complexity index is 562. The van der Waals surface area contributed by atoms with Crippen LogP contribution in [-0.2, 0) is 0 Å². The van der Waals surface area contributed by atoms with Gasteiger partial charge in [-0.25, -0.2) is 0 Å². The van der Waals surface area contributed by atoms with E-state index in [1.54, 1.807) is 0 Å². The standard InChI is InChI=1S/C16H16Cl2IN/c1-3-20-16(11-7-5-9-13(17)14(11)18)12-8-4-6-10(2)15(12)19/h4-9,16,20H,3H2,1-2H3. The number of benzene rings is 2. The lowest BCUT2D eigenvalue weighted by Gasteiger charge is -2.22. The number of aryl methyl sites for hydroxylation is 1. The van der Waals surface area contributed by atoms with Crippen LogP contribution in [0.2, 0.25) is 10.0 Å². The maximum Gasteiger partial charge on any atom is 0.0643 e. The Labute approximate surface area is 143 Å². The van der Waals surface area contributed by atoms with Crippen LogP contribution in [0.3, 0.4) is 0 Å². The van der Waals surface area contributed by atoms with Crippen molar-refractivity contribution in [1.82, 2.24) is 5.32 Å².